The number of hydrogen-bond donors (Lipinski definition) is 1. The van der Waals surface area contributed by atoms with Gasteiger partial charge in [-0.2, -0.15) is 0 Å². The largest absolute Gasteiger partial charge is 0.393 e. The quantitative estimate of drug-likeness (QED) is 0.347. The zero-order valence-corrected chi connectivity index (χ0v) is 21.4. The van der Waals surface area contributed by atoms with Crippen molar-refractivity contribution in [2.45, 2.75) is 39.5 Å². The Morgan fingerprint density at radius 2 is 1.81 bits per heavy atom. The molecule has 4 aromatic rings. The van der Waals surface area contributed by atoms with Gasteiger partial charge in [0.15, 0.2) is 0 Å². The number of hydrogen-bond acceptors (Lipinski definition) is 5. The summed E-state index contributed by atoms with van der Waals surface area (Å²) in [6.07, 6.45) is -1.64. The molecule has 2 aromatic carbocycles. The standard InChI is InChI=1S/C28H30FN3O3S/c1-18(2)24(31(16-22(29)17-33)27(34)21-11-9-19(3)10-12-21)25-30-26-23(13-14-36-26)28(35)32(25)15-20-7-5-4-6-8-20/h4-14,18,22,24,33H,15-17H2,1-3H3. The molecule has 36 heavy (non-hydrogen) atoms. The Kier molecular flexibility index (Phi) is 7.96. The highest BCUT2D eigenvalue weighted by Gasteiger charge is 2.34. The Bertz CT molecular complexity index is 1380. The minimum atomic E-state index is -1.64. The number of halogens is 1. The van der Waals surface area contributed by atoms with Crippen LogP contribution in [0.5, 0.6) is 0 Å². The number of benzene rings is 2. The molecule has 0 radical (unpaired) electrons. The van der Waals surface area contributed by atoms with Crippen molar-refractivity contribution in [1.82, 2.24) is 14.5 Å². The van der Waals surface area contributed by atoms with Gasteiger partial charge in [0, 0.05) is 5.56 Å². The van der Waals surface area contributed by atoms with E-state index in [0.29, 0.717) is 21.6 Å². The Morgan fingerprint density at radius 1 is 1.11 bits per heavy atom. The van der Waals surface area contributed by atoms with Crippen LogP contribution >= 0.6 is 11.3 Å². The number of fused-ring (bicyclic) bond motifs is 1. The fourth-order valence-corrected chi connectivity index (χ4v) is 5.12. The fourth-order valence-electron chi connectivity index (χ4n) is 4.36. The predicted octanol–water partition coefficient (Wildman–Crippen LogP) is 4.98. The van der Waals surface area contributed by atoms with Crippen molar-refractivity contribution in [3.05, 3.63) is 98.9 Å². The van der Waals surface area contributed by atoms with Crippen molar-refractivity contribution in [3.63, 3.8) is 0 Å². The lowest BCUT2D eigenvalue weighted by atomic mass is 9.98. The van der Waals surface area contributed by atoms with Crippen LogP contribution in [0.25, 0.3) is 10.2 Å². The molecule has 0 bridgehead atoms. The number of nitrogens with zero attached hydrogens (tertiary/aromatic N) is 3. The molecule has 0 aliphatic carbocycles. The number of aryl methyl sites for hydroxylation is 1. The smallest absolute Gasteiger partial charge is 0.262 e. The first-order chi connectivity index (χ1) is 17.3. The third kappa shape index (κ3) is 5.39. The van der Waals surface area contributed by atoms with Gasteiger partial charge in [-0.25, -0.2) is 9.37 Å². The molecule has 0 fully saturated rings. The van der Waals surface area contributed by atoms with Gasteiger partial charge in [0.1, 0.15) is 16.8 Å². The summed E-state index contributed by atoms with van der Waals surface area (Å²) in [4.78, 5) is 34.2. The number of thiophene rings is 1. The second-order valence-corrected chi connectivity index (χ2v) is 10.2. The van der Waals surface area contributed by atoms with E-state index in [0.717, 1.165) is 11.1 Å². The summed E-state index contributed by atoms with van der Waals surface area (Å²) in [6.45, 7) is 5.00. The van der Waals surface area contributed by atoms with Gasteiger partial charge in [-0.15, -0.1) is 11.3 Å². The van der Waals surface area contributed by atoms with E-state index in [1.165, 1.54) is 16.2 Å². The first kappa shape index (κ1) is 25.7. The van der Waals surface area contributed by atoms with Crippen LogP contribution in [0.3, 0.4) is 0 Å². The van der Waals surface area contributed by atoms with E-state index < -0.39 is 18.8 Å². The first-order valence-electron chi connectivity index (χ1n) is 11.9. The van der Waals surface area contributed by atoms with Crippen molar-refractivity contribution in [1.29, 1.82) is 0 Å². The van der Waals surface area contributed by atoms with Crippen molar-refractivity contribution < 1.29 is 14.3 Å². The van der Waals surface area contributed by atoms with E-state index in [1.807, 2.05) is 68.6 Å². The lowest BCUT2D eigenvalue weighted by molar-refractivity contribution is 0.0469. The van der Waals surface area contributed by atoms with E-state index in [1.54, 1.807) is 22.8 Å². The average molecular weight is 508 g/mol. The summed E-state index contributed by atoms with van der Waals surface area (Å²) in [5.74, 6) is -0.174. The van der Waals surface area contributed by atoms with Crippen molar-refractivity contribution >= 4 is 27.5 Å². The monoisotopic (exact) mass is 507 g/mol. The third-order valence-electron chi connectivity index (χ3n) is 6.18. The summed E-state index contributed by atoms with van der Waals surface area (Å²) in [6, 6.07) is 17.7. The summed E-state index contributed by atoms with van der Waals surface area (Å²) in [5, 5.41) is 11.8. The summed E-state index contributed by atoms with van der Waals surface area (Å²) >= 11 is 1.35. The van der Waals surface area contributed by atoms with Crippen molar-refractivity contribution in [2.75, 3.05) is 13.2 Å². The van der Waals surface area contributed by atoms with Crippen LogP contribution in [0.1, 0.15) is 47.2 Å². The SMILES string of the molecule is Cc1ccc(C(=O)N(CC(F)CO)C(c2nc3sccc3c(=O)n2Cc2ccccc2)C(C)C)cc1. The van der Waals surface area contributed by atoms with Crippen LogP contribution in [0.4, 0.5) is 4.39 Å². The molecule has 2 heterocycles. The van der Waals surface area contributed by atoms with Crippen LogP contribution in [0.2, 0.25) is 0 Å². The number of amides is 1. The summed E-state index contributed by atoms with van der Waals surface area (Å²) < 4.78 is 16.3. The number of aromatic nitrogens is 2. The molecule has 6 nitrogen and oxygen atoms in total. The van der Waals surface area contributed by atoms with Gasteiger partial charge in [-0.1, -0.05) is 61.9 Å². The lowest BCUT2D eigenvalue weighted by Crippen LogP contribution is -2.44. The molecule has 8 heteroatoms. The van der Waals surface area contributed by atoms with Crippen molar-refractivity contribution in [2.24, 2.45) is 5.92 Å². The lowest BCUT2D eigenvalue weighted by Gasteiger charge is -2.36. The number of rotatable bonds is 9. The molecule has 1 amide bonds. The second-order valence-electron chi connectivity index (χ2n) is 9.28. The Labute approximate surface area is 213 Å². The highest BCUT2D eigenvalue weighted by atomic mass is 32.1. The maximum Gasteiger partial charge on any atom is 0.262 e. The van der Waals surface area contributed by atoms with Crippen LogP contribution in [0.15, 0.2) is 70.8 Å². The molecule has 0 aliphatic rings. The zero-order valence-electron chi connectivity index (χ0n) is 20.6. The van der Waals surface area contributed by atoms with Gasteiger partial charge in [-0.05, 0) is 42.0 Å². The third-order valence-corrected chi connectivity index (χ3v) is 6.99. The van der Waals surface area contributed by atoms with E-state index >= 15 is 0 Å². The molecule has 0 aliphatic heterocycles. The molecule has 2 atom stereocenters. The summed E-state index contributed by atoms with van der Waals surface area (Å²) in [7, 11) is 0. The zero-order chi connectivity index (χ0) is 25.8. The molecule has 1 N–H and O–H groups in total. The predicted molar refractivity (Wildman–Crippen MR) is 141 cm³/mol. The maximum absolute atomic E-state index is 14.7. The number of aliphatic hydroxyl groups excluding tert-OH is 1. The van der Waals surface area contributed by atoms with Gasteiger partial charge in [0.05, 0.1) is 31.1 Å². The molecule has 2 aromatic heterocycles. The fraction of sp³-hybridized carbons (Fsp3) is 0.321. The van der Waals surface area contributed by atoms with Gasteiger partial charge in [0.2, 0.25) is 0 Å². The highest BCUT2D eigenvalue weighted by molar-refractivity contribution is 7.16. The number of carbonyl (C=O) groups excluding carboxylic acids is 1. The number of aliphatic hydroxyl groups is 1. The number of alkyl halides is 1. The molecule has 4 rings (SSSR count). The first-order valence-corrected chi connectivity index (χ1v) is 12.8. The Morgan fingerprint density at radius 3 is 2.44 bits per heavy atom. The van der Waals surface area contributed by atoms with Crippen LogP contribution in [-0.4, -0.2) is 44.8 Å². The number of carbonyl (C=O) groups is 1. The Hall–Kier alpha value is -3.36. The molecular formula is C28H30FN3O3S. The van der Waals surface area contributed by atoms with E-state index in [2.05, 4.69) is 0 Å². The van der Waals surface area contributed by atoms with Crippen LogP contribution < -0.4 is 5.56 Å². The summed E-state index contributed by atoms with van der Waals surface area (Å²) in [5.41, 5.74) is 2.12. The normalized spacial score (nSPS) is 13.2. The van der Waals surface area contributed by atoms with Crippen molar-refractivity contribution in [3.8, 4) is 0 Å². The maximum atomic E-state index is 14.7. The minimum absolute atomic E-state index is 0.198. The van der Waals surface area contributed by atoms with E-state index in [4.69, 9.17) is 4.98 Å². The van der Waals surface area contributed by atoms with Gasteiger partial charge >= 0.3 is 0 Å². The molecule has 188 valence electrons. The topological polar surface area (TPSA) is 75.4 Å². The second kappa shape index (κ2) is 11.1. The average Bonchev–Trinajstić information content (AvgIpc) is 3.35. The minimum Gasteiger partial charge on any atom is -0.393 e. The van der Waals surface area contributed by atoms with Crippen LogP contribution in [0, 0.1) is 12.8 Å². The molecular weight excluding hydrogens is 477 g/mol. The van der Waals surface area contributed by atoms with E-state index in [9.17, 15) is 19.1 Å². The van der Waals surface area contributed by atoms with Gasteiger partial charge in [0.25, 0.3) is 11.5 Å². The van der Waals surface area contributed by atoms with Gasteiger partial charge < -0.3 is 10.0 Å². The van der Waals surface area contributed by atoms with Gasteiger partial charge in [-0.3, -0.25) is 14.2 Å². The molecule has 0 saturated heterocycles. The molecule has 0 saturated carbocycles. The highest BCUT2D eigenvalue weighted by Crippen LogP contribution is 2.31. The van der Waals surface area contributed by atoms with Crippen LogP contribution in [-0.2, 0) is 6.54 Å². The molecule has 2 unspecified atom stereocenters. The van der Waals surface area contributed by atoms with E-state index in [-0.39, 0.29) is 30.5 Å². The Balaban J connectivity index is 1.90. The molecule has 0 spiro atoms.